The molecule has 2 aromatic rings. The molecule has 0 fully saturated rings. The van der Waals surface area contributed by atoms with E-state index in [-0.39, 0.29) is 0 Å². The summed E-state index contributed by atoms with van der Waals surface area (Å²) in [5, 5.41) is 11.8. The van der Waals surface area contributed by atoms with E-state index in [1.165, 1.54) is 24.5 Å². The molecule has 0 aliphatic heterocycles. The van der Waals surface area contributed by atoms with Crippen molar-refractivity contribution in [2.24, 2.45) is 0 Å². The number of rotatable bonds is 2. The van der Waals surface area contributed by atoms with Crippen LogP contribution in [0.25, 0.3) is 0 Å². The zero-order chi connectivity index (χ0) is 14.8. The number of halogens is 3. The van der Waals surface area contributed by atoms with E-state index in [1.807, 2.05) is 6.07 Å². The van der Waals surface area contributed by atoms with Crippen molar-refractivity contribution < 1.29 is 13.2 Å². The van der Waals surface area contributed by atoms with Crippen LogP contribution in [0.3, 0.4) is 0 Å². The van der Waals surface area contributed by atoms with Crippen LogP contribution in [0.4, 0.5) is 24.5 Å². The van der Waals surface area contributed by atoms with Gasteiger partial charge in [-0.3, -0.25) is 4.98 Å². The Balaban J connectivity index is 2.41. The van der Waals surface area contributed by atoms with Crippen molar-refractivity contribution in [2.75, 3.05) is 5.32 Å². The Bertz CT molecular complexity index is 672. The Hall–Kier alpha value is -2.55. The molecule has 102 valence electrons. The number of benzene rings is 1. The zero-order valence-corrected chi connectivity index (χ0v) is 10.5. The maximum Gasteiger partial charge on any atom is 0.416 e. The molecule has 0 saturated heterocycles. The van der Waals surface area contributed by atoms with Gasteiger partial charge in [0.2, 0.25) is 0 Å². The number of pyridine rings is 1. The molecule has 0 unspecified atom stereocenters. The lowest BCUT2D eigenvalue weighted by Crippen LogP contribution is -2.06. The Kier molecular flexibility index (Phi) is 3.61. The van der Waals surface area contributed by atoms with Gasteiger partial charge in [-0.05, 0) is 30.7 Å². The van der Waals surface area contributed by atoms with Gasteiger partial charge in [0.25, 0.3) is 0 Å². The van der Waals surface area contributed by atoms with Gasteiger partial charge < -0.3 is 5.32 Å². The molecule has 0 atom stereocenters. The number of aromatic nitrogens is 1. The van der Waals surface area contributed by atoms with Crippen molar-refractivity contribution in [1.82, 2.24) is 4.98 Å². The Labute approximate surface area is 113 Å². The van der Waals surface area contributed by atoms with Crippen LogP contribution in [0, 0.1) is 18.3 Å². The molecule has 0 saturated carbocycles. The van der Waals surface area contributed by atoms with Crippen LogP contribution in [0.2, 0.25) is 0 Å². The molecule has 3 nitrogen and oxygen atoms in total. The number of alkyl halides is 3. The molecule has 0 amide bonds. The van der Waals surface area contributed by atoms with Crippen molar-refractivity contribution in [3.05, 3.63) is 53.3 Å². The molecule has 1 aromatic heterocycles. The number of hydrogen-bond acceptors (Lipinski definition) is 3. The highest BCUT2D eigenvalue weighted by Gasteiger charge is 2.30. The van der Waals surface area contributed by atoms with E-state index < -0.39 is 11.7 Å². The summed E-state index contributed by atoms with van der Waals surface area (Å²) in [6.07, 6.45) is -1.56. The quantitative estimate of drug-likeness (QED) is 0.901. The van der Waals surface area contributed by atoms with Gasteiger partial charge in [0.15, 0.2) is 0 Å². The topological polar surface area (TPSA) is 48.7 Å². The van der Waals surface area contributed by atoms with Gasteiger partial charge in [-0.1, -0.05) is 6.07 Å². The minimum Gasteiger partial charge on any atom is -0.353 e. The number of anilines is 2. The van der Waals surface area contributed by atoms with Crippen LogP contribution in [-0.4, -0.2) is 4.98 Å². The molecule has 0 spiro atoms. The molecule has 1 aromatic carbocycles. The number of hydrogen-bond donors (Lipinski definition) is 1. The summed E-state index contributed by atoms with van der Waals surface area (Å²) in [6, 6.07) is 6.87. The molecule has 0 radical (unpaired) electrons. The molecule has 2 rings (SSSR count). The van der Waals surface area contributed by atoms with E-state index in [9.17, 15) is 13.2 Å². The van der Waals surface area contributed by atoms with Crippen LogP contribution < -0.4 is 5.32 Å². The molecule has 0 aliphatic rings. The molecule has 1 N–H and O–H groups in total. The SMILES string of the molecule is Cc1ccc(C(F)(F)F)cc1Nc1cnccc1C#N. The normalized spacial score (nSPS) is 10.9. The third-order valence-corrected chi connectivity index (χ3v) is 2.78. The summed E-state index contributed by atoms with van der Waals surface area (Å²) in [5.41, 5.74) is 0.886. The van der Waals surface area contributed by atoms with Crippen molar-refractivity contribution in [3.63, 3.8) is 0 Å². The summed E-state index contributed by atoms with van der Waals surface area (Å²) in [7, 11) is 0. The lowest BCUT2D eigenvalue weighted by molar-refractivity contribution is -0.137. The van der Waals surface area contributed by atoms with Crippen molar-refractivity contribution in [1.29, 1.82) is 5.26 Å². The average Bonchev–Trinajstić information content (AvgIpc) is 2.40. The highest BCUT2D eigenvalue weighted by Crippen LogP contribution is 2.33. The fourth-order valence-electron chi connectivity index (χ4n) is 1.67. The Morgan fingerprint density at radius 1 is 1.20 bits per heavy atom. The number of nitrogens with one attached hydrogen (secondary N) is 1. The van der Waals surface area contributed by atoms with Gasteiger partial charge in [0.05, 0.1) is 23.0 Å². The summed E-state index contributed by atoms with van der Waals surface area (Å²) in [5.74, 6) is 0. The Morgan fingerprint density at radius 2 is 1.95 bits per heavy atom. The summed E-state index contributed by atoms with van der Waals surface area (Å²) < 4.78 is 38.1. The molecular weight excluding hydrogens is 267 g/mol. The molecule has 20 heavy (non-hydrogen) atoms. The van der Waals surface area contributed by atoms with Crippen LogP contribution in [-0.2, 0) is 6.18 Å². The average molecular weight is 277 g/mol. The number of aryl methyl sites for hydroxylation is 1. The number of nitriles is 1. The predicted octanol–water partition coefficient (Wildman–Crippen LogP) is 4.02. The molecular formula is C14H10F3N3. The molecule has 0 aliphatic carbocycles. The minimum absolute atomic E-state index is 0.296. The van der Waals surface area contributed by atoms with E-state index in [0.29, 0.717) is 22.5 Å². The van der Waals surface area contributed by atoms with Gasteiger partial charge in [-0.15, -0.1) is 0 Å². The predicted molar refractivity (Wildman–Crippen MR) is 68.4 cm³/mol. The Morgan fingerprint density at radius 3 is 2.60 bits per heavy atom. The highest BCUT2D eigenvalue weighted by molar-refractivity contribution is 5.68. The van der Waals surface area contributed by atoms with Gasteiger partial charge in [-0.25, -0.2) is 0 Å². The lowest BCUT2D eigenvalue weighted by Gasteiger charge is -2.13. The second-order valence-electron chi connectivity index (χ2n) is 4.19. The minimum atomic E-state index is -4.41. The maximum absolute atomic E-state index is 12.7. The van der Waals surface area contributed by atoms with E-state index >= 15 is 0 Å². The first-order chi connectivity index (χ1) is 9.41. The van der Waals surface area contributed by atoms with Gasteiger partial charge in [-0.2, -0.15) is 18.4 Å². The molecule has 0 bridgehead atoms. The van der Waals surface area contributed by atoms with Gasteiger partial charge >= 0.3 is 6.18 Å². The number of nitrogens with zero attached hydrogens (tertiary/aromatic N) is 2. The third kappa shape index (κ3) is 2.88. The standard InChI is InChI=1S/C14H10F3N3/c1-9-2-3-11(14(15,16)17)6-12(9)20-13-8-19-5-4-10(13)7-18/h2-6,8,20H,1H3. The second-order valence-corrected chi connectivity index (χ2v) is 4.19. The monoisotopic (exact) mass is 277 g/mol. The second kappa shape index (κ2) is 5.21. The first kappa shape index (κ1) is 13.9. The fourth-order valence-corrected chi connectivity index (χ4v) is 1.67. The lowest BCUT2D eigenvalue weighted by atomic mass is 10.1. The summed E-state index contributed by atoms with van der Waals surface area (Å²) in [4.78, 5) is 3.85. The van der Waals surface area contributed by atoms with E-state index in [2.05, 4.69) is 10.3 Å². The summed E-state index contributed by atoms with van der Waals surface area (Å²) >= 11 is 0. The van der Waals surface area contributed by atoms with E-state index in [4.69, 9.17) is 5.26 Å². The maximum atomic E-state index is 12.7. The first-order valence-electron chi connectivity index (χ1n) is 5.71. The van der Waals surface area contributed by atoms with Crippen LogP contribution in [0.5, 0.6) is 0 Å². The molecule has 1 heterocycles. The largest absolute Gasteiger partial charge is 0.416 e. The van der Waals surface area contributed by atoms with E-state index in [0.717, 1.165) is 12.1 Å². The van der Waals surface area contributed by atoms with Crippen LogP contribution >= 0.6 is 0 Å². The summed E-state index contributed by atoms with van der Waals surface area (Å²) in [6.45, 7) is 1.69. The molecule has 6 heteroatoms. The third-order valence-electron chi connectivity index (χ3n) is 2.78. The van der Waals surface area contributed by atoms with Crippen LogP contribution in [0.1, 0.15) is 16.7 Å². The fraction of sp³-hybridized carbons (Fsp3) is 0.143. The zero-order valence-electron chi connectivity index (χ0n) is 10.5. The van der Waals surface area contributed by atoms with Gasteiger partial charge in [0.1, 0.15) is 6.07 Å². The van der Waals surface area contributed by atoms with Crippen LogP contribution in [0.15, 0.2) is 36.7 Å². The van der Waals surface area contributed by atoms with Gasteiger partial charge in [0, 0.05) is 11.9 Å². The highest BCUT2D eigenvalue weighted by atomic mass is 19.4. The van der Waals surface area contributed by atoms with Crippen molar-refractivity contribution in [2.45, 2.75) is 13.1 Å². The first-order valence-corrected chi connectivity index (χ1v) is 5.71. The van der Waals surface area contributed by atoms with E-state index in [1.54, 1.807) is 6.92 Å². The van der Waals surface area contributed by atoms with Crippen molar-refractivity contribution >= 4 is 11.4 Å². The smallest absolute Gasteiger partial charge is 0.353 e. The van der Waals surface area contributed by atoms with Crippen molar-refractivity contribution in [3.8, 4) is 6.07 Å².